The van der Waals surface area contributed by atoms with E-state index in [-0.39, 0.29) is 41.8 Å². The summed E-state index contributed by atoms with van der Waals surface area (Å²) in [5.74, 6) is 0.511. The molecule has 4 heterocycles. The minimum atomic E-state index is -0.997. The van der Waals surface area contributed by atoms with Crippen LogP contribution >= 0.6 is 0 Å². The summed E-state index contributed by atoms with van der Waals surface area (Å²) in [7, 11) is 0. The van der Waals surface area contributed by atoms with Crippen LogP contribution in [0, 0.1) is 29.1 Å². The van der Waals surface area contributed by atoms with E-state index >= 15 is 0 Å². The maximum absolute atomic E-state index is 13.1. The number of Topliss-reactive ketones (excluding diaryl/α,β-unsaturated/α-hetero) is 1. The van der Waals surface area contributed by atoms with Crippen molar-refractivity contribution in [2.24, 2.45) is 17.8 Å². The van der Waals surface area contributed by atoms with Gasteiger partial charge in [-0.05, 0) is 62.6 Å². The lowest BCUT2D eigenvalue weighted by Crippen LogP contribution is -2.35. The summed E-state index contributed by atoms with van der Waals surface area (Å²) in [5, 5.41) is 20.5. The van der Waals surface area contributed by atoms with Gasteiger partial charge in [-0.15, -0.1) is 0 Å². The first-order chi connectivity index (χ1) is 17.7. The molecule has 5 rings (SSSR count). The van der Waals surface area contributed by atoms with Gasteiger partial charge in [0.1, 0.15) is 5.65 Å². The van der Waals surface area contributed by atoms with Gasteiger partial charge < -0.3 is 19.7 Å². The van der Waals surface area contributed by atoms with E-state index in [0.29, 0.717) is 18.5 Å². The number of rotatable bonds is 9. The molecule has 10 nitrogen and oxygen atoms in total. The SMILES string of the molecule is C[C@@H](CC(=O)c1nc(OC[C@H]2C[C@H]2C#N)nc(N2CCC(c3c[nH]c4ncccc34)CC2)n1)C(C)(C)O. The van der Waals surface area contributed by atoms with Crippen LogP contribution in [0.2, 0.25) is 0 Å². The van der Waals surface area contributed by atoms with Gasteiger partial charge in [-0.25, -0.2) is 4.98 Å². The summed E-state index contributed by atoms with van der Waals surface area (Å²) in [4.78, 5) is 36.2. The Bertz CT molecular complexity index is 1320. The van der Waals surface area contributed by atoms with Crippen LogP contribution in [0.4, 0.5) is 5.95 Å². The minimum absolute atomic E-state index is 0.00813. The fourth-order valence-corrected chi connectivity index (χ4v) is 4.77. The van der Waals surface area contributed by atoms with E-state index in [1.807, 2.05) is 13.0 Å². The number of aromatic amines is 1. The maximum atomic E-state index is 13.1. The molecule has 2 fully saturated rings. The van der Waals surface area contributed by atoms with Gasteiger partial charge in [0, 0.05) is 43.2 Å². The first-order valence-corrected chi connectivity index (χ1v) is 12.9. The van der Waals surface area contributed by atoms with E-state index in [2.05, 4.69) is 48.2 Å². The molecule has 3 aromatic heterocycles. The number of aliphatic hydroxyl groups is 1. The Morgan fingerprint density at radius 2 is 2.11 bits per heavy atom. The third-order valence-corrected chi connectivity index (χ3v) is 7.77. The van der Waals surface area contributed by atoms with E-state index < -0.39 is 5.60 Å². The predicted octanol–water partition coefficient (Wildman–Crippen LogP) is 3.65. The smallest absolute Gasteiger partial charge is 0.321 e. The largest absolute Gasteiger partial charge is 0.463 e. The van der Waals surface area contributed by atoms with E-state index in [1.54, 1.807) is 20.0 Å². The summed E-state index contributed by atoms with van der Waals surface area (Å²) in [6.07, 6.45) is 6.59. The lowest BCUT2D eigenvalue weighted by atomic mass is 9.88. The highest BCUT2D eigenvalue weighted by atomic mass is 16.5. The van der Waals surface area contributed by atoms with Gasteiger partial charge in [0.15, 0.2) is 0 Å². The number of H-pyrrole nitrogens is 1. The number of nitrogens with zero attached hydrogens (tertiary/aromatic N) is 6. The molecule has 37 heavy (non-hydrogen) atoms. The highest BCUT2D eigenvalue weighted by molar-refractivity contribution is 5.93. The number of carbonyl (C=O) groups excluding carboxylic acids is 1. The fraction of sp³-hybridized carbons (Fsp3) is 0.556. The number of aromatic nitrogens is 5. The number of nitrogens with one attached hydrogen (secondary N) is 1. The van der Waals surface area contributed by atoms with E-state index in [1.165, 1.54) is 5.56 Å². The molecule has 0 aromatic carbocycles. The monoisotopic (exact) mass is 503 g/mol. The standard InChI is InChI=1S/C27H33N7O3/c1-16(27(2,3)36)11-22(35)24-31-25(33-26(32-24)37-15-19-12-18(19)13-28)34-9-6-17(7-10-34)21-14-30-23-20(21)5-4-8-29-23/h4-5,8,14,16-19,36H,6-7,9-12,15H2,1-3H3,(H,29,30)/t16-,18-,19+/m0/s1. The zero-order chi connectivity index (χ0) is 26.2. The van der Waals surface area contributed by atoms with Gasteiger partial charge in [0.2, 0.25) is 17.6 Å². The molecule has 0 unspecified atom stereocenters. The minimum Gasteiger partial charge on any atom is -0.463 e. The normalized spacial score (nSPS) is 21.0. The topological polar surface area (TPSA) is 141 Å². The second kappa shape index (κ2) is 10.1. The van der Waals surface area contributed by atoms with Crippen molar-refractivity contribution >= 4 is 22.8 Å². The van der Waals surface area contributed by atoms with Gasteiger partial charge in [-0.2, -0.15) is 20.2 Å². The Labute approximate surface area is 216 Å². The first-order valence-electron chi connectivity index (χ1n) is 12.9. The average molecular weight is 504 g/mol. The summed E-state index contributed by atoms with van der Waals surface area (Å²) in [6.45, 7) is 7.01. The molecule has 2 aliphatic rings. The Hall–Kier alpha value is -3.58. The van der Waals surface area contributed by atoms with Crippen LogP contribution in [0.5, 0.6) is 6.01 Å². The molecule has 0 radical (unpaired) electrons. The van der Waals surface area contributed by atoms with Crippen LogP contribution in [0.25, 0.3) is 11.0 Å². The van der Waals surface area contributed by atoms with Crippen molar-refractivity contribution in [3.8, 4) is 12.1 Å². The van der Waals surface area contributed by atoms with Gasteiger partial charge in [0.25, 0.3) is 0 Å². The van der Waals surface area contributed by atoms with Crippen LogP contribution in [0.15, 0.2) is 24.5 Å². The van der Waals surface area contributed by atoms with Crippen molar-refractivity contribution in [1.29, 1.82) is 5.26 Å². The zero-order valence-electron chi connectivity index (χ0n) is 21.5. The average Bonchev–Trinajstić information content (AvgIpc) is 3.53. The van der Waals surface area contributed by atoms with Crippen LogP contribution in [0.3, 0.4) is 0 Å². The summed E-state index contributed by atoms with van der Waals surface area (Å²) < 4.78 is 5.83. The molecule has 2 N–H and O–H groups in total. The molecule has 194 valence electrons. The van der Waals surface area contributed by atoms with E-state index in [0.717, 1.165) is 43.4 Å². The van der Waals surface area contributed by atoms with Gasteiger partial charge >= 0.3 is 6.01 Å². The van der Waals surface area contributed by atoms with Gasteiger partial charge in [-0.1, -0.05) is 6.92 Å². The number of nitriles is 1. The summed E-state index contributed by atoms with van der Waals surface area (Å²) >= 11 is 0. The van der Waals surface area contributed by atoms with Crippen molar-refractivity contribution in [2.75, 3.05) is 24.6 Å². The molecule has 1 aliphatic carbocycles. The van der Waals surface area contributed by atoms with Crippen LogP contribution < -0.4 is 9.64 Å². The molecule has 3 atom stereocenters. The number of hydrogen-bond acceptors (Lipinski definition) is 9. The number of carbonyl (C=O) groups is 1. The Kier molecular flexibility index (Phi) is 6.82. The van der Waals surface area contributed by atoms with Crippen LogP contribution in [-0.4, -0.2) is 61.1 Å². The lowest BCUT2D eigenvalue weighted by molar-refractivity contribution is 0.0211. The van der Waals surface area contributed by atoms with Crippen molar-refractivity contribution < 1.29 is 14.6 Å². The molecule has 3 aromatic rings. The molecule has 0 amide bonds. The second-order valence-electron chi connectivity index (χ2n) is 10.9. The molecular weight excluding hydrogens is 470 g/mol. The highest BCUT2D eigenvalue weighted by Crippen LogP contribution is 2.38. The molecule has 1 aliphatic heterocycles. The number of ether oxygens (including phenoxy) is 1. The van der Waals surface area contributed by atoms with Crippen molar-refractivity contribution in [1.82, 2.24) is 24.9 Å². The Balaban J connectivity index is 1.33. The highest BCUT2D eigenvalue weighted by Gasteiger charge is 2.38. The summed E-state index contributed by atoms with van der Waals surface area (Å²) in [6, 6.07) is 6.42. The lowest BCUT2D eigenvalue weighted by Gasteiger charge is -2.32. The molecular formula is C27H33N7O3. The molecule has 10 heteroatoms. The predicted molar refractivity (Wildman–Crippen MR) is 137 cm³/mol. The van der Waals surface area contributed by atoms with E-state index in [4.69, 9.17) is 10.00 Å². The maximum Gasteiger partial charge on any atom is 0.321 e. The Morgan fingerprint density at radius 3 is 2.81 bits per heavy atom. The van der Waals surface area contributed by atoms with Crippen molar-refractivity contribution in [2.45, 2.75) is 58.0 Å². The third-order valence-electron chi connectivity index (χ3n) is 7.77. The molecule has 0 bridgehead atoms. The van der Waals surface area contributed by atoms with E-state index in [9.17, 15) is 9.90 Å². The zero-order valence-corrected chi connectivity index (χ0v) is 21.5. The second-order valence-corrected chi connectivity index (χ2v) is 10.9. The number of piperidine rings is 1. The third kappa shape index (κ3) is 5.57. The van der Waals surface area contributed by atoms with Crippen molar-refractivity contribution in [3.05, 3.63) is 35.9 Å². The molecule has 1 saturated heterocycles. The van der Waals surface area contributed by atoms with Gasteiger partial charge in [-0.3, -0.25) is 4.79 Å². The first kappa shape index (κ1) is 25.1. The van der Waals surface area contributed by atoms with Gasteiger partial charge in [0.05, 0.1) is 24.2 Å². The number of ketones is 1. The number of pyridine rings is 1. The number of fused-ring (bicyclic) bond motifs is 1. The van der Waals surface area contributed by atoms with Crippen molar-refractivity contribution in [3.63, 3.8) is 0 Å². The Morgan fingerprint density at radius 1 is 1.32 bits per heavy atom. The number of anilines is 1. The van der Waals surface area contributed by atoms with Crippen LogP contribution in [-0.2, 0) is 0 Å². The fourth-order valence-electron chi connectivity index (χ4n) is 4.77. The summed E-state index contributed by atoms with van der Waals surface area (Å²) in [5.41, 5.74) is 1.18. The quantitative estimate of drug-likeness (QED) is 0.419. The number of hydrogen-bond donors (Lipinski definition) is 2. The van der Waals surface area contributed by atoms with Crippen LogP contribution in [0.1, 0.15) is 68.6 Å². The molecule has 0 spiro atoms. The molecule has 1 saturated carbocycles.